The number of halogens is 2. The molecule has 0 radical (unpaired) electrons. The van der Waals surface area contributed by atoms with E-state index in [2.05, 4.69) is 33.2 Å². The number of hydrogen-bond donors (Lipinski definition) is 2. The molecule has 0 aromatic heterocycles. The van der Waals surface area contributed by atoms with Crippen molar-refractivity contribution in [3.63, 3.8) is 0 Å². The molecule has 1 unspecified atom stereocenters. The lowest BCUT2D eigenvalue weighted by Gasteiger charge is -2.14. The fraction of sp³-hybridized carbons (Fsp3) is 0.500. The zero-order valence-corrected chi connectivity index (χ0v) is 15.0. The first-order valence-corrected chi connectivity index (χ1v) is 7.66. The predicted octanol–water partition coefficient (Wildman–Crippen LogP) is 2.21. The maximum atomic E-state index is 12.2. The third-order valence-corrected chi connectivity index (χ3v) is 4.28. The van der Waals surface area contributed by atoms with E-state index in [1.54, 1.807) is 20.3 Å². The van der Waals surface area contributed by atoms with Crippen molar-refractivity contribution in [1.82, 2.24) is 10.6 Å². The number of hydrogen-bond acceptors (Lipinski definition) is 4. The topological polar surface area (TPSA) is 59.6 Å². The molecule has 1 aromatic rings. The van der Waals surface area contributed by atoms with Crippen LogP contribution in [-0.2, 0) is 0 Å². The molecule has 2 N–H and O–H groups in total. The summed E-state index contributed by atoms with van der Waals surface area (Å²) in [7, 11) is 3.15. The number of amides is 1. The average molecular weight is 427 g/mol. The van der Waals surface area contributed by atoms with Gasteiger partial charge in [-0.15, -0.1) is 12.4 Å². The Balaban J connectivity index is 0.00000220. The van der Waals surface area contributed by atoms with Crippen LogP contribution in [0.5, 0.6) is 11.5 Å². The molecular formula is C14H20ClIN2O3. The van der Waals surface area contributed by atoms with Gasteiger partial charge in [-0.2, -0.15) is 0 Å². The number of carbonyl (C=O) groups is 1. The van der Waals surface area contributed by atoms with E-state index >= 15 is 0 Å². The van der Waals surface area contributed by atoms with E-state index in [0.717, 1.165) is 16.5 Å². The summed E-state index contributed by atoms with van der Waals surface area (Å²) in [5.74, 6) is 1.12. The largest absolute Gasteiger partial charge is 0.493 e. The molecule has 21 heavy (non-hydrogen) atoms. The Labute approximate surface area is 144 Å². The van der Waals surface area contributed by atoms with Gasteiger partial charge in [-0.05, 0) is 54.1 Å². The van der Waals surface area contributed by atoms with Crippen LogP contribution in [0.15, 0.2) is 12.1 Å². The molecule has 1 atom stereocenters. The van der Waals surface area contributed by atoms with Crippen molar-refractivity contribution >= 4 is 40.9 Å². The smallest absolute Gasteiger partial charge is 0.252 e. The van der Waals surface area contributed by atoms with E-state index in [4.69, 9.17) is 9.47 Å². The molecular weight excluding hydrogens is 407 g/mol. The lowest BCUT2D eigenvalue weighted by Crippen LogP contribution is -2.37. The standard InChI is InChI=1S/C14H19IN2O3.ClH/c1-19-12-6-10(11(15)7-13(12)20-2)14(18)17-8-9-4-3-5-16-9;/h6-7,9,16H,3-5,8H2,1-2H3,(H,17,18);1H. The summed E-state index contributed by atoms with van der Waals surface area (Å²) in [6.45, 7) is 1.69. The zero-order valence-electron chi connectivity index (χ0n) is 12.1. The second-order valence-electron chi connectivity index (χ2n) is 4.69. The number of carbonyl (C=O) groups excluding carboxylic acids is 1. The first kappa shape index (κ1) is 18.3. The molecule has 1 aliphatic rings. The van der Waals surface area contributed by atoms with Gasteiger partial charge in [-0.1, -0.05) is 0 Å². The summed E-state index contributed by atoms with van der Waals surface area (Å²) < 4.78 is 11.3. The van der Waals surface area contributed by atoms with Crippen molar-refractivity contribution in [3.05, 3.63) is 21.3 Å². The van der Waals surface area contributed by atoms with Crippen molar-refractivity contribution in [3.8, 4) is 11.5 Å². The predicted molar refractivity (Wildman–Crippen MR) is 92.9 cm³/mol. The van der Waals surface area contributed by atoms with Gasteiger partial charge in [-0.3, -0.25) is 4.79 Å². The van der Waals surface area contributed by atoms with Crippen LogP contribution < -0.4 is 20.1 Å². The van der Waals surface area contributed by atoms with Crippen LogP contribution in [0.3, 0.4) is 0 Å². The zero-order chi connectivity index (χ0) is 14.5. The molecule has 1 aliphatic heterocycles. The molecule has 7 heteroatoms. The van der Waals surface area contributed by atoms with Crippen LogP contribution in [-0.4, -0.2) is 39.3 Å². The van der Waals surface area contributed by atoms with Gasteiger partial charge >= 0.3 is 0 Å². The second kappa shape index (κ2) is 8.65. The maximum Gasteiger partial charge on any atom is 0.252 e. The molecule has 1 fully saturated rings. The Hall–Kier alpha value is -0.730. The molecule has 2 rings (SSSR count). The first-order chi connectivity index (χ1) is 9.65. The molecule has 1 aromatic carbocycles. The summed E-state index contributed by atoms with van der Waals surface area (Å²) in [6.07, 6.45) is 2.29. The average Bonchev–Trinajstić information content (AvgIpc) is 2.97. The van der Waals surface area contributed by atoms with Crippen molar-refractivity contribution < 1.29 is 14.3 Å². The molecule has 0 bridgehead atoms. The number of nitrogens with one attached hydrogen (secondary N) is 2. The van der Waals surface area contributed by atoms with Gasteiger partial charge in [0, 0.05) is 16.2 Å². The molecule has 1 saturated heterocycles. The summed E-state index contributed by atoms with van der Waals surface area (Å²) in [6, 6.07) is 3.91. The van der Waals surface area contributed by atoms with Crippen molar-refractivity contribution in [2.24, 2.45) is 0 Å². The Bertz CT molecular complexity index is 493. The number of rotatable bonds is 5. The van der Waals surface area contributed by atoms with Crippen LogP contribution in [0, 0.1) is 3.57 Å². The molecule has 0 saturated carbocycles. The number of benzene rings is 1. The Morgan fingerprint density at radius 1 is 1.38 bits per heavy atom. The third kappa shape index (κ3) is 4.62. The third-order valence-electron chi connectivity index (χ3n) is 3.39. The fourth-order valence-electron chi connectivity index (χ4n) is 2.27. The summed E-state index contributed by atoms with van der Waals surface area (Å²) in [5, 5.41) is 6.33. The van der Waals surface area contributed by atoms with E-state index < -0.39 is 0 Å². The van der Waals surface area contributed by atoms with E-state index in [-0.39, 0.29) is 18.3 Å². The highest BCUT2D eigenvalue weighted by atomic mass is 127. The van der Waals surface area contributed by atoms with Gasteiger partial charge in [-0.25, -0.2) is 0 Å². The van der Waals surface area contributed by atoms with Crippen LogP contribution >= 0.6 is 35.0 Å². The van der Waals surface area contributed by atoms with Gasteiger partial charge in [0.1, 0.15) is 0 Å². The molecule has 0 aliphatic carbocycles. The van der Waals surface area contributed by atoms with Gasteiger partial charge < -0.3 is 20.1 Å². The minimum Gasteiger partial charge on any atom is -0.493 e. The maximum absolute atomic E-state index is 12.2. The summed E-state index contributed by atoms with van der Waals surface area (Å²) in [4.78, 5) is 12.2. The lowest BCUT2D eigenvalue weighted by atomic mass is 10.1. The van der Waals surface area contributed by atoms with Crippen molar-refractivity contribution in [1.29, 1.82) is 0 Å². The lowest BCUT2D eigenvalue weighted by molar-refractivity contribution is 0.0949. The van der Waals surface area contributed by atoms with E-state index in [1.165, 1.54) is 6.42 Å². The van der Waals surface area contributed by atoms with E-state index in [1.807, 2.05) is 6.07 Å². The second-order valence-corrected chi connectivity index (χ2v) is 5.85. The highest BCUT2D eigenvalue weighted by molar-refractivity contribution is 14.1. The highest BCUT2D eigenvalue weighted by Crippen LogP contribution is 2.31. The molecule has 118 valence electrons. The Morgan fingerprint density at radius 2 is 2.05 bits per heavy atom. The van der Waals surface area contributed by atoms with Gasteiger partial charge in [0.2, 0.25) is 0 Å². The van der Waals surface area contributed by atoms with Crippen LogP contribution in [0.2, 0.25) is 0 Å². The Morgan fingerprint density at radius 3 is 2.62 bits per heavy atom. The van der Waals surface area contributed by atoms with Crippen molar-refractivity contribution in [2.45, 2.75) is 18.9 Å². The monoisotopic (exact) mass is 426 g/mol. The van der Waals surface area contributed by atoms with E-state index in [0.29, 0.717) is 29.6 Å². The quantitative estimate of drug-likeness (QED) is 0.709. The van der Waals surface area contributed by atoms with Crippen LogP contribution in [0.25, 0.3) is 0 Å². The molecule has 1 heterocycles. The molecule has 1 amide bonds. The first-order valence-electron chi connectivity index (χ1n) is 6.58. The minimum absolute atomic E-state index is 0. The number of methoxy groups -OCH3 is 2. The Kier molecular flexibility index (Phi) is 7.55. The molecule has 5 nitrogen and oxygen atoms in total. The van der Waals surface area contributed by atoms with Crippen LogP contribution in [0.4, 0.5) is 0 Å². The van der Waals surface area contributed by atoms with E-state index in [9.17, 15) is 4.79 Å². The van der Waals surface area contributed by atoms with Crippen LogP contribution in [0.1, 0.15) is 23.2 Å². The molecule has 0 spiro atoms. The summed E-state index contributed by atoms with van der Waals surface area (Å²) >= 11 is 2.13. The minimum atomic E-state index is -0.0796. The van der Waals surface area contributed by atoms with Crippen molar-refractivity contribution in [2.75, 3.05) is 27.3 Å². The van der Waals surface area contributed by atoms with Gasteiger partial charge in [0.25, 0.3) is 5.91 Å². The SMILES string of the molecule is COc1cc(I)c(C(=O)NCC2CCCN2)cc1OC.Cl. The van der Waals surface area contributed by atoms with Gasteiger partial charge in [0.05, 0.1) is 19.8 Å². The van der Waals surface area contributed by atoms with Gasteiger partial charge in [0.15, 0.2) is 11.5 Å². The normalized spacial score (nSPS) is 17.0. The highest BCUT2D eigenvalue weighted by Gasteiger charge is 2.18. The fourth-order valence-corrected chi connectivity index (χ4v) is 2.95. The number of ether oxygens (including phenoxy) is 2. The summed E-state index contributed by atoms with van der Waals surface area (Å²) in [5.41, 5.74) is 0.612.